The molecule has 0 N–H and O–H groups in total. The van der Waals surface area contributed by atoms with Crippen LogP contribution in [-0.4, -0.2) is 19.1 Å². The van der Waals surface area contributed by atoms with Crippen LogP contribution in [0, 0.1) is 0 Å². The Balaban J connectivity index is 1.84. The molecule has 0 fully saturated rings. The van der Waals surface area contributed by atoms with Gasteiger partial charge in [0.15, 0.2) is 0 Å². The number of aromatic nitrogens is 4. The van der Waals surface area contributed by atoms with Crippen LogP contribution in [0.25, 0.3) is 5.69 Å². The quantitative estimate of drug-likeness (QED) is 0.726. The van der Waals surface area contributed by atoms with Crippen molar-refractivity contribution in [1.29, 1.82) is 0 Å². The van der Waals surface area contributed by atoms with E-state index in [0.717, 1.165) is 18.1 Å². The zero-order valence-corrected chi connectivity index (χ0v) is 11.8. The molecule has 2 heterocycles. The molecule has 3 aromatic rings. The summed E-state index contributed by atoms with van der Waals surface area (Å²) in [5, 5.41) is 0. The van der Waals surface area contributed by atoms with Crippen LogP contribution in [0.3, 0.4) is 0 Å². The summed E-state index contributed by atoms with van der Waals surface area (Å²) in [5.74, 6) is 1.50. The molecule has 0 amide bonds. The molecule has 0 saturated heterocycles. The van der Waals surface area contributed by atoms with Gasteiger partial charge in [-0.1, -0.05) is 26.0 Å². The van der Waals surface area contributed by atoms with Crippen molar-refractivity contribution < 1.29 is 0 Å². The van der Waals surface area contributed by atoms with E-state index in [1.165, 1.54) is 5.56 Å². The predicted molar refractivity (Wildman–Crippen MR) is 79.0 cm³/mol. The Hall–Kier alpha value is -2.36. The van der Waals surface area contributed by atoms with Crippen LogP contribution in [0.15, 0.2) is 55.4 Å². The second-order valence-corrected chi connectivity index (χ2v) is 5.21. The maximum Gasteiger partial charge on any atom is 0.115 e. The second-order valence-electron chi connectivity index (χ2n) is 5.21. The zero-order valence-electron chi connectivity index (χ0n) is 11.8. The van der Waals surface area contributed by atoms with Gasteiger partial charge in [0, 0.05) is 42.9 Å². The maximum atomic E-state index is 4.43. The summed E-state index contributed by atoms with van der Waals surface area (Å²) in [6.45, 7) is 5.17. The van der Waals surface area contributed by atoms with E-state index in [0.29, 0.717) is 5.92 Å². The molecule has 0 unspecified atom stereocenters. The average molecular weight is 266 g/mol. The standard InChI is InChI=1S/C16H18N4/c1-13(2)16-18-8-10-20(16)15-5-3-14(4-6-15)11-19-9-7-17-12-19/h3-10,12-13H,11H2,1-2H3. The lowest BCUT2D eigenvalue weighted by molar-refractivity contribution is 0.751. The molecule has 4 heteroatoms. The van der Waals surface area contributed by atoms with Crippen LogP contribution in [0.1, 0.15) is 31.2 Å². The summed E-state index contributed by atoms with van der Waals surface area (Å²) >= 11 is 0. The van der Waals surface area contributed by atoms with Gasteiger partial charge < -0.3 is 9.13 Å². The van der Waals surface area contributed by atoms with Crippen molar-refractivity contribution >= 4 is 0 Å². The van der Waals surface area contributed by atoms with E-state index in [-0.39, 0.29) is 0 Å². The Bertz CT molecular complexity index is 663. The minimum atomic E-state index is 0.413. The second kappa shape index (κ2) is 5.33. The Kier molecular flexibility index (Phi) is 3.37. The minimum absolute atomic E-state index is 0.413. The van der Waals surface area contributed by atoms with E-state index in [1.54, 1.807) is 6.20 Å². The summed E-state index contributed by atoms with van der Waals surface area (Å²) in [6.07, 6.45) is 9.48. The summed E-state index contributed by atoms with van der Waals surface area (Å²) in [7, 11) is 0. The fourth-order valence-electron chi connectivity index (χ4n) is 2.31. The Labute approximate surface area is 118 Å². The fraction of sp³-hybridized carbons (Fsp3) is 0.250. The van der Waals surface area contributed by atoms with E-state index in [1.807, 2.05) is 24.9 Å². The van der Waals surface area contributed by atoms with Gasteiger partial charge in [0.25, 0.3) is 0 Å². The molecule has 0 aliphatic rings. The average Bonchev–Trinajstić information content (AvgIpc) is 3.10. The normalized spacial score (nSPS) is 11.2. The predicted octanol–water partition coefficient (Wildman–Crippen LogP) is 3.24. The number of benzene rings is 1. The van der Waals surface area contributed by atoms with Crippen molar-refractivity contribution in [1.82, 2.24) is 19.1 Å². The molecule has 0 bridgehead atoms. The highest BCUT2D eigenvalue weighted by molar-refractivity contribution is 5.36. The van der Waals surface area contributed by atoms with Crippen LogP contribution < -0.4 is 0 Å². The Morgan fingerprint density at radius 2 is 1.85 bits per heavy atom. The first-order valence-electron chi connectivity index (χ1n) is 6.82. The molecule has 1 aromatic carbocycles. The lowest BCUT2D eigenvalue weighted by atomic mass is 10.1. The lowest BCUT2D eigenvalue weighted by Gasteiger charge is -2.11. The molecule has 4 nitrogen and oxygen atoms in total. The van der Waals surface area contributed by atoms with Gasteiger partial charge in [0.05, 0.1) is 6.33 Å². The first-order valence-corrected chi connectivity index (χ1v) is 6.82. The molecule has 20 heavy (non-hydrogen) atoms. The summed E-state index contributed by atoms with van der Waals surface area (Å²) in [6, 6.07) is 8.58. The van der Waals surface area contributed by atoms with Gasteiger partial charge in [-0.15, -0.1) is 0 Å². The SMILES string of the molecule is CC(C)c1nccn1-c1ccc(Cn2ccnc2)cc1. The maximum absolute atomic E-state index is 4.43. The molecule has 0 saturated carbocycles. The van der Waals surface area contributed by atoms with Crippen molar-refractivity contribution in [3.63, 3.8) is 0 Å². The van der Waals surface area contributed by atoms with Crippen molar-refractivity contribution in [2.45, 2.75) is 26.3 Å². The van der Waals surface area contributed by atoms with Gasteiger partial charge in [-0.3, -0.25) is 0 Å². The molecule has 102 valence electrons. The molecule has 0 radical (unpaired) electrons. The molecule has 0 atom stereocenters. The van der Waals surface area contributed by atoms with Crippen LogP contribution in [0.5, 0.6) is 0 Å². The van der Waals surface area contributed by atoms with Gasteiger partial charge in [-0.25, -0.2) is 9.97 Å². The molecule has 0 spiro atoms. The van der Waals surface area contributed by atoms with E-state index < -0.39 is 0 Å². The van der Waals surface area contributed by atoms with Gasteiger partial charge in [-0.2, -0.15) is 0 Å². The van der Waals surface area contributed by atoms with E-state index in [9.17, 15) is 0 Å². The largest absolute Gasteiger partial charge is 0.333 e. The van der Waals surface area contributed by atoms with E-state index in [4.69, 9.17) is 0 Å². The monoisotopic (exact) mass is 266 g/mol. The zero-order chi connectivity index (χ0) is 13.9. The Morgan fingerprint density at radius 3 is 2.50 bits per heavy atom. The van der Waals surface area contributed by atoms with Crippen molar-refractivity contribution in [2.75, 3.05) is 0 Å². The molecule has 0 aliphatic heterocycles. The van der Waals surface area contributed by atoms with Crippen LogP contribution in [0.2, 0.25) is 0 Å². The van der Waals surface area contributed by atoms with Crippen LogP contribution in [-0.2, 0) is 6.54 Å². The smallest absolute Gasteiger partial charge is 0.115 e. The van der Waals surface area contributed by atoms with Crippen LogP contribution >= 0.6 is 0 Å². The van der Waals surface area contributed by atoms with Crippen LogP contribution in [0.4, 0.5) is 0 Å². The van der Waals surface area contributed by atoms with Gasteiger partial charge in [0.2, 0.25) is 0 Å². The highest BCUT2D eigenvalue weighted by Gasteiger charge is 2.08. The van der Waals surface area contributed by atoms with Gasteiger partial charge in [0.1, 0.15) is 5.82 Å². The third-order valence-corrected chi connectivity index (χ3v) is 3.32. The highest BCUT2D eigenvalue weighted by Crippen LogP contribution is 2.18. The third kappa shape index (κ3) is 2.50. The Morgan fingerprint density at radius 1 is 1.05 bits per heavy atom. The van der Waals surface area contributed by atoms with Crippen molar-refractivity contribution in [2.24, 2.45) is 0 Å². The number of imidazole rings is 2. The number of nitrogens with zero attached hydrogens (tertiary/aromatic N) is 4. The minimum Gasteiger partial charge on any atom is -0.333 e. The molecular weight excluding hydrogens is 248 g/mol. The number of rotatable bonds is 4. The molecule has 3 rings (SSSR count). The summed E-state index contributed by atoms with van der Waals surface area (Å²) in [5.41, 5.74) is 2.42. The van der Waals surface area contributed by atoms with Crippen molar-refractivity contribution in [3.05, 3.63) is 66.8 Å². The fourth-order valence-corrected chi connectivity index (χ4v) is 2.31. The molecule has 0 aliphatic carbocycles. The first-order chi connectivity index (χ1) is 9.74. The third-order valence-electron chi connectivity index (χ3n) is 3.32. The topological polar surface area (TPSA) is 35.6 Å². The lowest BCUT2D eigenvalue weighted by Crippen LogP contribution is -2.03. The van der Waals surface area contributed by atoms with Gasteiger partial charge in [-0.05, 0) is 17.7 Å². The highest BCUT2D eigenvalue weighted by atomic mass is 15.1. The van der Waals surface area contributed by atoms with Crippen molar-refractivity contribution in [3.8, 4) is 5.69 Å². The molecular formula is C16H18N4. The number of hydrogen-bond donors (Lipinski definition) is 0. The van der Waals surface area contributed by atoms with E-state index >= 15 is 0 Å². The van der Waals surface area contributed by atoms with Gasteiger partial charge >= 0.3 is 0 Å². The van der Waals surface area contributed by atoms with E-state index in [2.05, 4.69) is 57.2 Å². The number of hydrogen-bond acceptors (Lipinski definition) is 2. The summed E-state index contributed by atoms with van der Waals surface area (Å²) in [4.78, 5) is 8.48. The first kappa shape index (κ1) is 12.7. The molecule has 2 aromatic heterocycles. The summed E-state index contributed by atoms with van der Waals surface area (Å²) < 4.78 is 4.21.